The van der Waals surface area contributed by atoms with Gasteiger partial charge in [0.2, 0.25) is 0 Å². The maximum absolute atomic E-state index is 5.01. The molecule has 0 amide bonds. The van der Waals surface area contributed by atoms with Crippen LogP contribution in [0.4, 0.5) is 0 Å². The SMILES string of the molecule is C1=CC2c3cc(-c4ccccc4)ccc3SC2C(c2ccc(-c3nc(-c4ccccc4)nc(-c4ccc(-c5ccccc5)cc4)n3)cc2)=C1. The minimum absolute atomic E-state index is 0.337. The molecule has 0 saturated carbocycles. The normalized spacial score (nSPS) is 16.1. The minimum atomic E-state index is 0.337. The van der Waals surface area contributed by atoms with Gasteiger partial charge in [0.1, 0.15) is 0 Å². The number of allylic oxidation sites excluding steroid dienone is 3. The largest absolute Gasteiger partial charge is 0.208 e. The van der Waals surface area contributed by atoms with Crippen molar-refractivity contribution >= 4 is 17.3 Å². The molecule has 0 bridgehead atoms. The Kier molecular flexibility index (Phi) is 7.56. The van der Waals surface area contributed by atoms with Crippen LogP contribution in [0.3, 0.4) is 0 Å². The van der Waals surface area contributed by atoms with Gasteiger partial charge in [-0.05, 0) is 51.1 Å². The van der Waals surface area contributed by atoms with E-state index in [9.17, 15) is 0 Å². The van der Waals surface area contributed by atoms with Gasteiger partial charge in [-0.15, -0.1) is 11.8 Å². The summed E-state index contributed by atoms with van der Waals surface area (Å²) in [7, 11) is 0. The smallest absolute Gasteiger partial charge is 0.164 e. The van der Waals surface area contributed by atoms with Gasteiger partial charge in [0.15, 0.2) is 17.5 Å². The summed E-state index contributed by atoms with van der Waals surface area (Å²) in [6, 6.07) is 55.3. The number of fused-ring (bicyclic) bond motifs is 3. The molecular formula is C45H31N3S. The number of aromatic nitrogens is 3. The molecule has 0 spiro atoms. The van der Waals surface area contributed by atoms with Crippen LogP contribution in [0.5, 0.6) is 0 Å². The average molecular weight is 646 g/mol. The third-order valence-electron chi connectivity index (χ3n) is 9.35. The van der Waals surface area contributed by atoms with Crippen LogP contribution < -0.4 is 0 Å². The van der Waals surface area contributed by atoms with Gasteiger partial charge in [0.25, 0.3) is 0 Å². The lowest BCUT2D eigenvalue weighted by molar-refractivity contribution is 0.893. The first-order valence-electron chi connectivity index (χ1n) is 16.6. The molecule has 0 saturated heterocycles. The highest BCUT2D eigenvalue weighted by molar-refractivity contribution is 8.00. The Morgan fingerprint density at radius 3 is 1.41 bits per heavy atom. The van der Waals surface area contributed by atoms with Crippen LogP contribution >= 0.6 is 11.8 Å². The second-order valence-corrected chi connectivity index (χ2v) is 13.6. The lowest BCUT2D eigenvalue weighted by Gasteiger charge is -2.23. The number of rotatable bonds is 6. The summed E-state index contributed by atoms with van der Waals surface area (Å²) in [5, 5.41) is 0.337. The minimum Gasteiger partial charge on any atom is -0.208 e. The summed E-state index contributed by atoms with van der Waals surface area (Å²) in [6.07, 6.45) is 6.86. The van der Waals surface area contributed by atoms with E-state index in [1.807, 2.05) is 48.2 Å². The van der Waals surface area contributed by atoms with E-state index >= 15 is 0 Å². The van der Waals surface area contributed by atoms with Crippen molar-refractivity contribution < 1.29 is 0 Å². The Bertz CT molecular complexity index is 2330. The molecule has 0 radical (unpaired) electrons. The van der Waals surface area contributed by atoms with Crippen LogP contribution in [0.1, 0.15) is 17.0 Å². The van der Waals surface area contributed by atoms with Crippen molar-refractivity contribution in [2.45, 2.75) is 16.1 Å². The van der Waals surface area contributed by atoms with Gasteiger partial charge in [-0.2, -0.15) is 0 Å². The molecule has 0 N–H and O–H groups in total. The molecule has 2 atom stereocenters. The first-order valence-corrected chi connectivity index (χ1v) is 17.5. The monoisotopic (exact) mass is 645 g/mol. The lowest BCUT2D eigenvalue weighted by atomic mass is 9.84. The van der Waals surface area contributed by atoms with Crippen molar-refractivity contribution in [1.29, 1.82) is 0 Å². The van der Waals surface area contributed by atoms with Gasteiger partial charge in [-0.1, -0.05) is 164 Å². The number of hydrogen-bond acceptors (Lipinski definition) is 4. The molecule has 4 heteroatoms. The summed E-state index contributed by atoms with van der Waals surface area (Å²) in [5.41, 5.74) is 11.7. The molecule has 2 aliphatic rings. The third kappa shape index (κ3) is 5.71. The summed E-state index contributed by atoms with van der Waals surface area (Å²) in [4.78, 5) is 16.3. The molecule has 9 rings (SSSR count). The van der Waals surface area contributed by atoms with Crippen LogP contribution in [0.2, 0.25) is 0 Å². The Balaban J connectivity index is 1.03. The molecule has 2 unspecified atom stereocenters. The topological polar surface area (TPSA) is 38.7 Å². The molecule has 1 aliphatic heterocycles. The fraction of sp³-hybridized carbons (Fsp3) is 0.0444. The molecule has 49 heavy (non-hydrogen) atoms. The second kappa shape index (κ2) is 12.6. The van der Waals surface area contributed by atoms with Gasteiger partial charge in [-0.3, -0.25) is 0 Å². The zero-order chi connectivity index (χ0) is 32.6. The summed E-state index contributed by atoms with van der Waals surface area (Å²) < 4.78 is 0. The first kappa shape index (κ1) is 29.3. The van der Waals surface area contributed by atoms with E-state index in [-0.39, 0.29) is 0 Å². The molecular weight excluding hydrogens is 615 g/mol. The first-order chi connectivity index (χ1) is 24.3. The zero-order valence-electron chi connectivity index (χ0n) is 26.6. The zero-order valence-corrected chi connectivity index (χ0v) is 27.5. The Morgan fingerprint density at radius 2 is 0.837 bits per heavy atom. The maximum Gasteiger partial charge on any atom is 0.164 e. The van der Waals surface area contributed by atoms with Gasteiger partial charge < -0.3 is 0 Å². The molecule has 1 aromatic heterocycles. The second-order valence-electron chi connectivity index (χ2n) is 12.4. The molecule has 2 heterocycles. The van der Waals surface area contributed by atoms with E-state index in [0.29, 0.717) is 28.6 Å². The number of thioether (sulfide) groups is 1. The third-order valence-corrected chi connectivity index (χ3v) is 10.8. The Hall–Kier alpha value is -5.84. The molecule has 0 fully saturated rings. The van der Waals surface area contributed by atoms with Crippen LogP contribution in [-0.2, 0) is 0 Å². The molecule has 3 nitrogen and oxygen atoms in total. The number of benzene rings is 6. The van der Waals surface area contributed by atoms with E-state index < -0.39 is 0 Å². The van der Waals surface area contributed by atoms with Crippen molar-refractivity contribution in [3.63, 3.8) is 0 Å². The van der Waals surface area contributed by atoms with Crippen molar-refractivity contribution in [3.05, 3.63) is 187 Å². The van der Waals surface area contributed by atoms with Crippen LogP contribution in [0.15, 0.2) is 181 Å². The van der Waals surface area contributed by atoms with Crippen molar-refractivity contribution in [2.24, 2.45) is 0 Å². The van der Waals surface area contributed by atoms with Crippen molar-refractivity contribution in [3.8, 4) is 56.4 Å². The van der Waals surface area contributed by atoms with E-state index in [1.54, 1.807) is 0 Å². The average Bonchev–Trinajstić information content (AvgIpc) is 3.57. The molecule has 7 aromatic rings. The predicted octanol–water partition coefficient (Wildman–Crippen LogP) is 11.4. The van der Waals surface area contributed by atoms with Crippen LogP contribution in [0.25, 0.3) is 62.0 Å². The van der Waals surface area contributed by atoms with Gasteiger partial charge in [-0.25, -0.2) is 15.0 Å². The van der Waals surface area contributed by atoms with E-state index in [4.69, 9.17) is 15.0 Å². The standard InChI is InChI=1S/C45H31N3S/c1-4-11-30(12-5-1)32-19-23-35(24-20-32)44-46-43(34-15-8-3-9-16-34)47-45(48-44)36-25-21-33(22-26-36)38-17-10-18-39-40-29-37(31-13-6-2-7-14-31)27-28-41(40)49-42(38)39/h1-29,39,42H. The fourth-order valence-corrected chi connectivity index (χ4v) is 8.28. The summed E-state index contributed by atoms with van der Waals surface area (Å²) in [6.45, 7) is 0. The predicted molar refractivity (Wildman–Crippen MR) is 203 cm³/mol. The van der Waals surface area contributed by atoms with E-state index in [1.165, 1.54) is 38.3 Å². The van der Waals surface area contributed by atoms with Crippen LogP contribution in [-0.4, -0.2) is 20.2 Å². The van der Waals surface area contributed by atoms with E-state index in [0.717, 1.165) is 22.3 Å². The molecule has 232 valence electrons. The quantitative estimate of drug-likeness (QED) is 0.180. The van der Waals surface area contributed by atoms with Crippen molar-refractivity contribution in [1.82, 2.24) is 15.0 Å². The lowest BCUT2D eigenvalue weighted by Crippen LogP contribution is -2.13. The number of nitrogens with zero attached hydrogens (tertiary/aromatic N) is 3. The summed E-state index contributed by atoms with van der Waals surface area (Å²) >= 11 is 1.97. The Labute approximate surface area is 290 Å². The Morgan fingerprint density at radius 1 is 0.408 bits per heavy atom. The molecule has 1 aliphatic carbocycles. The van der Waals surface area contributed by atoms with Gasteiger partial charge in [0, 0.05) is 32.8 Å². The van der Waals surface area contributed by atoms with Crippen LogP contribution in [0, 0.1) is 0 Å². The van der Waals surface area contributed by atoms with Crippen molar-refractivity contribution in [2.75, 3.05) is 0 Å². The van der Waals surface area contributed by atoms with E-state index in [2.05, 4.69) is 140 Å². The van der Waals surface area contributed by atoms with Gasteiger partial charge in [0.05, 0.1) is 0 Å². The molecule has 6 aromatic carbocycles. The highest BCUT2D eigenvalue weighted by atomic mass is 32.2. The van der Waals surface area contributed by atoms with Gasteiger partial charge >= 0.3 is 0 Å². The highest BCUT2D eigenvalue weighted by Gasteiger charge is 2.36. The highest BCUT2D eigenvalue weighted by Crippen LogP contribution is 2.53. The number of hydrogen-bond donors (Lipinski definition) is 0. The fourth-order valence-electron chi connectivity index (χ4n) is 6.80. The maximum atomic E-state index is 5.01. The summed E-state index contributed by atoms with van der Waals surface area (Å²) in [5.74, 6) is 2.32.